The molecule has 2 aliphatic rings. The lowest BCUT2D eigenvalue weighted by Crippen LogP contribution is -2.20. The zero-order valence-electron chi connectivity index (χ0n) is 10.3. The maximum Gasteiger partial charge on any atom is 0.0900 e. The van der Waals surface area contributed by atoms with Crippen molar-refractivity contribution >= 4 is 35.3 Å². The van der Waals surface area contributed by atoms with Crippen LogP contribution in [0.5, 0.6) is 0 Å². The van der Waals surface area contributed by atoms with E-state index in [-0.39, 0.29) is 0 Å². The molecule has 98 valence electrons. The SMILES string of the molecule is c1cc(CSC2CSC2)ccc1CSCC1CO1. The van der Waals surface area contributed by atoms with Crippen molar-refractivity contribution in [1.82, 2.24) is 0 Å². The second-order valence-electron chi connectivity index (χ2n) is 4.76. The first-order chi connectivity index (χ1) is 8.90. The summed E-state index contributed by atoms with van der Waals surface area (Å²) in [6, 6.07) is 9.16. The molecule has 0 spiro atoms. The fraction of sp³-hybridized carbons (Fsp3) is 0.571. The summed E-state index contributed by atoms with van der Waals surface area (Å²) in [6.07, 6.45) is 0.547. The normalized spacial score (nSPS) is 22.8. The molecule has 0 bridgehead atoms. The topological polar surface area (TPSA) is 12.5 Å². The van der Waals surface area contributed by atoms with Crippen LogP contribution in [0, 0.1) is 0 Å². The predicted molar refractivity (Wildman–Crippen MR) is 84.8 cm³/mol. The van der Waals surface area contributed by atoms with Gasteiger partial charge in [-0.15, -0.1) is 0 Å². The van der Waals surface area contributed by atoms with E-state index in [1.807, 2.05) is 11.8 Å². The van der Waals surface area contributed by atoms with E-state index in [2.05, 4.69) is 47.8 Å². The van der Waals surface area contributed by atoms with Gasteiger partial charge in [0.05, 0.1) is 12.7 Å². The van der Waals surface area contributed by atoms with Gasteiger partial charge in [0.25, 0.3) is 0 Å². The summed E-state index contributed by atoms with van der Waals surface area (Å²) in [5.41, 5.74) is 2.91. The molecule has 3 rings (SSSR count). The number of rotatable bonds is 7. The van der Waals surface area contributed by atoms with Crippen LogP contribution < -0.4 is 0 Å². The van der Waals surface area contributed by atoms with E-state index in [1.54, 1.807) is 0 Å². The molecule has 2 heterocycles. The largest absolute Gasteiger partial charge is 0.372 e. The number of epoxide rings is 1. The first-order valence-corrected chi connectivity index (χ1v) is 9.72. The molecule has 2 fully saturated rings. The van der Waals surface area contributed by atoms with Crippen LogP contribution in [-0.4, -0.2) is 35.2 Å². The highest BCUT2D eigenvalue weighted by Gasteiger charge is 2.21. The highest BCUT2D eigenvalue weighted by atomic mass is 32.2. The van der Waals surface area contributed by atoms with E-state index in [0.717, 1.165) is 23.4 Å². The van der Waals surface area contributed by atoms with E-state index < -0.39 is 0 Å². The predicted octanol–water partition coefficient (Wildman–Crippen LogP) is 3.67. The summed E-state index contributed by atoms with van der Waals surface area (Å²) < 4.78 is 5.21. The van der Waals surface area contributed by atoms with Gasteiger partial charge in [-0.3, -0.25) is 0 Å². The third kappa shape index (κ3) is 4.12. The van der Waals surface area contributed by atoms with Crippen LogP contribution in [0.3, 0.4) is 0 Å². The maximum absolute atomic E-state index is 5.21. The molecule has 18 heavy (non-hydrogen) atoms. The Morgan fingerprint density at radius 1 is 1.11 bits per heavy atom. The monoisotopic (exact) mass is 298 g/mol. The first-order valence-electron chi connectivity index (χ1n) is 6.36. The van der Waals surface area contributed by atoms with Gasteiger partial charge in [-0.05, 0) is 11.1 Å². The Labute approximate surface area is 122 Å². The third-order valence-electron chi connectivity index (χ3n) is 3.09. The average molecular weight is 298 g/mol. The number of benzene rings is 1. The van der Waals surface area contributed by atoms with E-state index in [0.29, 0.717) is 6.10 Å². The molecule has 2 aliphatic heterocycles. The van der Waals surface area contributed by atoms with Gasteiger partial charge in [-0.1, -0.05) is 24.3 Å². The number of hydrogen-bond donors (Lipinski definition) is 0. The van der Waals surface area contributed by atoms with Crippen molar-refractivity contribution in [3.05, 3.63) is 35.4 Å². The molecule has 1 aromatic rings. The van der Waals surface area contributed by atoms with E-state index >= 15 is 0 Å². The highest BCUT2D eigenvalue weighted by molar-refractivity contribution is 8.07. The Kier molecular flexibility index (Phi) is 4.85. The Morgan fingerprint density at radius 3 is 2.33 bits per heavy atom. The molecule has 0 radical (unpaired) electrons. The number of hydrogen-bond acceptors (Lipinski definition) is 4. The zero-order chi connectivity index (χ0) is 12.2. The fourth-order valence-corrected chi connectivity index (χ4v) is 5.13. The lowest BCUT2D eigenvalue weighted by atomic mass is 10.2. The summed E-state index contributed by atoms with van der Waals surface area (Å²) in [6.45, 7) is 0.975. The molecular weight excluding hydrogens is 280 g/mol. The van der Waals surface area contributed by atoms with Crippen LogP contribution in [-0.2, 0) is 16.2 Å². The number of ether oxygens (including phenoxy) is 1. The van der Waals surface area contributed by atoms with Crippen LogP contribution in [0.2, 0.25) is 0 Å². The lowest BCUT2D eigenvalue weighted by molar-refractivity contribution is 0.426. The van der Waals surface area contributed by atoms with Crippen LogP contribution in [0.4, 0.5) is 0 Å². The van der Waals surface area contributed by atoms with Gasteiger partial charge < -0.3 is 4.74 Å². The van der Waals surface area contributed by atoms with Crippen molar-refractivity contribution in [3.63, 3.8) is 0 Å². The van der Waals surface area contributed by atoms with Gasteiger partial charge in [-0.2, -0.15) is 35.3 Å². The quantitative estimate of drug-likeness (QED) is 0.712. The third-order valence-corrected chi connectivity index (χ3v) is 7.24. The van der Waals surface area contributed by atoms with Gasteiger partial charge in [0.15, 0.2) is 0 Å². The lowest BCUT2D eigenvalue weighted by Gasteiger charge is -2.24. The standard InChI is InChI=1S/C14H18OS3/c1-3-12(7-18-14-9-17-10-14)4-2-11(1)6-16-8-13-5-15-13/h1-4,13-14H,5-10H2. The molecule has 0 aliphatic carbocycles. The van der Waals surface area contributed by atoms with Crippen molar-refractivity contribution in [2.24, 2.45) is 0 Å². The van der Waals surface area contributed by atoms with E-state index in [4.69, 9.17) is 4.74 Å². The molecule has 0 N–H and O–H groups in total. The first kappa shape index (κ1) is 13.2. The summed E-state index contributed by atoms with van der Waals surface area (Å²) >= 11 is 6.16. The van der Waals surface area contributed by atoms with E-state index in [9.17, 15) is 0 Å². The minimum Gasteiger partial charge on any atom is -0.372 e. The molecule has 0 amide bonds. The Bertz CT molecular complexity index is 371. The average Bonchev–Trinajstić information content (AvgIpc) is 3.13. The molecule has 1 aromatic carbocycles. The van der Waals surface area contributed by atoms with Crippen LogP contribution >= 0.6 is 35.3 Å². The van der Waals surface area contributed by atoms with Crippen molar-refractivity contribution in [3.8, 4) is 0 Å². The summed E-state index contributed by atoms with van der Waals surface area (Å²) in [5, 5.41) is 0.906. The molecule has 0 aromatic heterocycles. The molecule has 2 saturated heterocycles. The van der Waals surface area contributed by atoms with Crippen molar-refractivity contribution in [2.45, 2.75) is 22.9 Å². The molecule has 4 heteroatoms. The van der Waals surface area contributed by atoms with Gasteiger partial charge in [0.2, 0.25) is 0 Å². The molecular formula is C14H18OS3. The van der Waals surface area contributed by atoms with Crippen LogP contribution in [0.25, 0.3) is 0 Å². The van der Waals surface area contributed by atoms with Gasteiger partial charge in [0.1, 0.15) is 0 Å². The molecule has 0 saturated carbocycles. The molecule has 1 atom stereocenters. The van der Waals surface area contributed by atoms with Gasteiger partial charge in [-0.25, -0.2) is 0 Å². The smallest absolute Gasteiger partial charge is 0.0900 e. The minimum atomic E-state index is 0.547. The van der Waals surface area contributed by atoms with Crippen LogP contribution in [0.15, 0.2) is 24.3 Å². The highest BCUT2D eigenvalue weighted by Crippen LogP contribution is 2.31. The van der Waals surface area contributed by atoms with E-state index in [1.165, 1.54) is 28.4 Å². The van der Waals surface area contributed by atoms with Crippen molar-refractivity contribution in [1.29, 1.82) is 0 Å². The van der Waals surface area contributed by atoms with Crippen LogP contribution in [0.1, 0.15) is 11.1 Å². The second kappa shape index (κ2) is 6.60. The maximum atomic E-state index is 5.21. The molecule has 1 nitrogen and oxygen atoms in total. The van der Waals surface area contributed by atoms with Gasteiger partial charge >= 0.3 is 0 Å². The molecule has 1 unspecified atom stereocenters. The summed E-state index contributed by atoms with van der Waals surface area (Å²) in [7, 11) is 0. The summed E-state index contributed by atoms with van der Waals surface area (Å²) in [5.74, 6) is 6.14. The zero-order valence-corrected chi connectivity index (χ0v) is 12.8. The van der Waals surface area contributed by atoms with Gasteiger partial charge in [0, 0.05) is 34.0 Å². The fourth-order valence-electron chi connectivity index (χ4n) is 1.73. The second-order valence-corrected chi connectivity index (χ2v) is 8.15. The minimum absolute atomic E-state index is 0.547. The Morgan fingerprint density at radius 2 is 1.78 bits per heavy atom. The van der Waals surface area contributed by atoms with Crippen molar-refractivity contribution in [2.75, 3.05) is 23.9 Å². The number of thioether (sulfide) groups is 3. The Hall–Kier alpha value is 0.230. The Balaban J connectivity index is 1.39. The summed E-state index contributed by atoms with van der Waals surface area (Å²) in [4.78, 5) is 0. The van der Waals surface area contributed by atoms with Crippen molar-refractivity contribution < 1.29 is 4.74 Å².